The fourth-order valence-electron chi connectivity index (χ4n) is 1.14. The number of ether oxygens (including phenoxy) is 1. The summed E-state index contributed by atoms with van der Waals surface area (Å²) in [5.41, 5.74) is 2.45. The van der Waals surface area contributed by atoms with Crippen molar-refractivity contribution >= 4 is 28.1 Å². The van der Waals surface area contributed by atoms with Crippen LogP contribution in [0.4, 0.5) is 5.69 Å². The third-order valence-electron chi connectivity index (χ3n) is 1.85. The van der Waals surface area contributed by atoms with Crippen molar-refractivity contribution in [1.82, 2.24) is 0 Å². The van der Waals surface area contributed by atoms with Gasteiger partial charge in [-0.25, -0.2) is 0 Å². The number of hydrogen-bond donors (Lipinski definition) is 1. The predicted molar refractivity (Wildman–Crippen MR) is 75.3 cm³/mol. The first-order valence-corrected chi connectivity index (χ1v) is 6.38. The highest BCUT2D eigenvalue weighted by Crippen LogP contribution is 2.20. The van der Waals surface area contributed by atoms with Gasteiger partial charge in [0.25, 0.3) is 6.47 Å². The van der Waals surface area contributed by atoms with Crippen LogP contribution in [0.25, 0.3) is 0 Å². The van der Waals surface area contributed by atoms with E-state index >= 15 is 0 Å². The number of nitrogens with one attached hydrogen (secondary N) is 1. The van der Waals surface area contributed by atoms with E-state index in [-0.39, 0.29) is 0 Å². The van der Waals surface area contributed by atoms with Crippen molar-refractivity contribution in [3.63, 3.8) is 0 Å². The standard InChI is InChI=1S/C10H14BrN.C3H6O2/c1-7(2)12-9-4-5-10(11)8(3)6-9;1-2-5-3-4/h4-7,12H,1-3H3;3H,2H2,1H3. The molecular weight excluding hydrogens is 282 g/mol. The first kappa shape index (κ1) is 16.0. The zero-order chi connectivity index (χ0) is 13.3. The molecule has 0 amide bonds. The van der Waals surface area contributed by atoms with E-state index < -0.39 is 0 Å². The Bertz CT molecular complexity index is 340. The van der Waals surface area contributed by atoms with Gasteiger partial charge in [-0.15, -0.1) is 0 Å². The zero-order valence-corrected chi connectivity index (χ0v) is 12.4. The summed E-state index contributed by atoms with van der Waals surface area (Å²) in [5.74, 6) is 0. The molecule has 0 heterocycles. The molecule has 0 aliphatic carbocycles. The number of aryl methyl sites for hydroxylation is 1. The third kappa shape index (κ3) is 7.80. The molecule has 0 saturated heterocycles. The Balaban J connectivity index is 0.000000437. The zero-order valence-electron chi connectivity index (χ0n) is 10.8. The van der Waals surface area contributed by atoms with Crippen LogP contribution in [0.5, 0.6) is 0 Å². The summed E-state index contributed by atoms with van der Waals surface area (Å²) in [6.07, 6.45) is 0. The Labute approximate surface area is 112 Å². The fraction of sp³-hybridized carbons (Fsp3) is 0.462. The molecule has 1 aromatic rings. The van der Waals surface area contributed by atoms with Gasteiger partial charge < -0.3 is 10.1 Å². The maximum absolute atomic E-state index is 9.18. The number of rotatable bonds is 4. The second-order valence-electron chi connectivity index (χ2n) is 3.81. The van der Waals surface area contributed by atoms with Crippen LogP contribution >= 0.6 is 15.9 Å². The number of hydrogen-bond acceptors (Lipinski definition) is 3. The van der Waals surface area contributed by atoms with E-state index in [0.29, 0.717) is 19.1 Å². The fourth-order valence-corrected chi connectivity index (χ4v) is 1.38. The van der Waals surface area contributed by atoms with E-state index in [0.717, 1.165) is 4.47 Å². The van der Waals surface area contributed by atoms with Crippen LogP contribution in [0, 0.1) is 6.92 Å². The highest BCUT2D eigenvalue weighted by Gasteiger charge is 1.97. The molecule has 0 spiro atoms. The van der Waals surface area contributed by atoms with E-state index in [2.05, 4.69) is 65.0 Å². The molecule has 0 aliphatic heterocycles. The predicted octanol–water partition coefficient (Wildman–Crippen LogP) is 3.76. The van der Waals surface area contributed by atoms with E-state index in [9.17, 15) is 4.79 Å². The maximum Gasteiger partial charge on any atom is 0.293 e. The first-order chi connectivity index (χ1) is 8.01. The second kappa shape index (κ2) is 9.05. The van der Waals surface area contributed by atoms with Gasteiger partial charge in [0.2, 0.25) is 0 Å². The maximum atomic E-state index is 9.18. The molecule has 0 radical (unpaired) electrons. The molecule has 0 saturated carbocycles. The summed E-state index contributed by atoms with van der Waals surface area (Å²) < 4.78 is 5.32. The van der Waals surface area contributed by atoms with Gasteiger partial charge in [-0.1, -0.05) is 15.9 Å². The molecule has 1 rings (SSSR count). The van der Waals surface area contributed by atoms with Gasteiger partial charge in [-0.3, -0.25) is 4.79 Å². The van der Waals surface area contributed by atoms with Crippen LogP contribution < -0.4 is 5.32 Å². The highest BCUT2D eigenvalue weighted by atomic mass is 79.9. The summed E-state index contributed by atoms with van der Waals surface area (Å²) in [4.78, 5) is 9.18. The number of benzene rings is 1. The Morgan fingerprint density at radius 2 is 2.12 bits per heavy atom. The number of carbonyl (C=O) groups is 1. The smallest absolute Gasteiger partial charge is 0.293 e. The van der Waals surface area contributed by atoms with Crippen molar-refractivity contribution in [2.45, 2.75) is 33.7 Å². The number of anilines is 1. The SMILES string of the molecule is CCOC=O.Cc1cc(NC(C)C)ccc1Br. The summed E-state index contributed by atoms with van der Waals surface area (Å²) in [5, 5.41) is 3.35. The van der Waals surface area contributed by atoms with E-state index in [1.807, 2.05) is 0 Å². The van der Waals surface area contributed by atoms with Crippen molar-refractivity contribution in [3.8, 4) is 0 Å². The second-order valence-corrected chi connectivity index (χ2v) is 4.67. The van der Waals surface area contributed by atoms with Crippen LogP contribution in [0.15, 0.2) is 22.7 Å². The van der Waals surface area contributed by atoms with Gasteiger partial charge in [-0.05, 0) is 51.5 Å². The van der Waals surface area contributed by atoms with Crippen LogP contribution in [0.3, 0.4) is 0 Å². The Kier molecular flexibility index (Phi) is 8.50. The van der Waals surface area contributed by atoms with Gasteiger partial charge >= 0.3 is 0 Å². The van der Waals surface area contributed by atoms with Crippen LogP contribution in [0.1, 0.15) is 26.3 Å². The summed E-state index contributed by atoms with van der Waals surface area (Å²) in [7, 11) is 0. The minimum Gasteiger partial charge on any atom is -0.468 e. The summed E-state index contributed by atoms with van der Waals surface area (Å²) >= 11 is 3.47. The number of halogens is 1. The molecule has 0 aliphatic rings. The summed E-state index contributed by atoms with van der Waals surface area (Å²) in [6.45, 7) is 9.03. The molecule has 0 fully saturated rings. The lowest BCUT2D eigenvalue weighted by atomic mass is 10.2. The van der Waals surface area contributed by atoms with Crippen molar-refractivity contribution < 1.29 is 9.53 Å². The molecule has 0 bridgehead atoms. The number of carbonyl (C=O) groups excluding carboxylic acids is 1. The molecule has 3 nitrogen and oxygen atoms in total. The molecule has 0 aromatic heterocycles. The third-order valence-corrected chi connectivity index (χ3v) is 2.74. The van der Waals surface area contributed by atoms with Crippen LogP contribution in [-0.4, -0.2) is 19.1 Å². The lowest BCUT2D eigenvalue weighted by Crippen LogP contribution is -2.09. The highest BCUT2D eigenvalue weighted by molar-refractivity contribution is 9.10. The van der Waals surface area contributed by atoms with Gasteiger partial charge in [-0.2, -0.15) is 0 Å². The molecule has 0 unspecified atom stereocenters. The molecular formula is C13H20BrNO2. The van der Waals surface area contributed by atoms with E-state index in [1.54, 1.807) is 6.92 Å². The quantitative estimate of drug-likeness (QED) is 0.861. The molecule has 1 N–H and O–H groups in total. The van der Waals surface area contributed by atoms with Crippen molar-refractivity contribution in [2.24, 2.45) is 0 Å². The molecule has 17 heavy (non-hydrogen) atoms. The molecule has 0 atom stereocenters. The average Bonchev–Trinajstić information content (AvgIpc) is 2.25. The van der Waals surface area contributed by atoms with Gasteiger partial charge in [0, 0.05) is 16.2 Å². The van der Waals surface area contributed by atoms with Crippen LogP contribution in [-0.2, 0) is 9.53 Å². The lowest BCUT2D eigenvalue weighted by Gasteiger charge is -2.10. The normalized spacial score (nSPS) is 9.29. The lowest BCUT2D eigenvalue weighted by molar-refractivity contribution is -0.128. The monoisotopic (exact) mass is 301 g/mol. The van der Waals surface area contributed by atoms with Gasteiger partial charge in [0.15, 0.2) is 0 Å². The molecule has 96 valence electrons. The first-order valence-electron chi connectivity index (χ1n) is 5.59. The van der Waals surface area contributed by atoms with Crippen molar-refractivity contribution in [2.75, 3.05) is 11.9 Å². The Morgan fingerprint density at radius 3 is 2.47 bits per heavy atom. The van der Waals surface area contributed by atoms with Crippen molar-refractivity contribution in [1.29, 1.82) is 0 Å². The van der Waals surface area contributed by atoms with Crippen molar-refractivity contribution in [3.05, 3.63) is 28.2 Å². The minimum absolute atomic E-state index is 0.431. The molecule has 4 heteroatoms. The Hall–Kier alpha value is -1.03. The van der Waals surface area contributed by atoms with E-state index in [1.165, 1.54) is 11.3 Å². The topological polar surface area (TPSA) is 38.3 Å². The Morgan fingerprint density at radius 1 is 1.47 bits per heavy atom. The largest absolute Gasteiger partial charge is 0.468 e. The average molecular weight is 302 g/mol. The molecule has 1 aromatic carbocycles. The van der Waals surface area contributed by atoms with Crippen LogP contribution in [0.2, 0.25) is 0 Å². The van der Waals surface area contributed by atoms with Gasteiger partial charge in [0.05, 0.1) is 6.61 Å². The summed E-state index contributed by atoms with van der Waals surface area (Å²) in [6, 6.07) is 6.78. The van der Waals surface area contributed by atoms with E-state index in [4.69, 9.17) is 0 Å². The van der Waals surface area contributed by atoms with Gasteiger partial charge in [0.1, 0.15) is 0 Å². The minimum atomic E-state index is 0.431.